The van der Waals surface area contributed by atoms with Gasteiger partial charge in [-0.25, -0.2) is 4.98 Å². The number of amides is 1. The second-order valence-corrected chi connectivity index (χ2v) is 6.05. The van der Waals surface area contributed by atoms with E-state index in [0.29, 0.717) is 28.1 Å². The van der Waals surface area contributed by atoms with Gasteiger partial charge in [-0.15, -0.1) is 0 Å². The lowest BCUT2D eigenvalue weighted by Gasteiger charge is -2.21. The van der Waals surface area contributed by atoms with E-state index >= 15 is 0 Å². The van der Waals surface area contributed by atoms with E-state index in [9.17, 15) is 9.59 Å². The number of hydrogen-bond donors (Lipinski definition) is 0. The van der Waals surface area contributed by atoms with Crippen LogP contribution in [0.15, 0.2) is 40.5 Å². The Morgan fingerprint density at radius 3 is 2.39 bits per heavy atom. The molecule has 1 aliphatic heterocycles. The third-order valence-corrected chi connectivity index (χ3v) is 4.49. The Kier molecular flexibility index (Phi) is 4.04. The second-order valence-electron chi connectivity index (χ2n) is 5.07. The van der Waals surface area contributed by atoms with Gasteiger partial charge in [0.2, 0.25) is 11.8 Å². The molecule has 0 spiro atoms. The van der Waals surface area contributed by atoms with Gasteiger partial charge in [0, 0.05) is 25.8 Å². The summed E-state index contributed by atoms with van der Waals surface area (Å²) in [6.45, 7) is 4.85. The van der Waals surface area contributed by atoms with Crippen molar-refractivity contribution in [3.63, 3.8) is 0 Å². The maximum absolute atomic E-state index is 12.0. The minimum atomic E-state index is -0.240. The van der Waals surface area contributed by atoms with Gasteiger partial charge in [-0.2, -0.15) is 10.1 Å². The highest BCUT2D eigenvalue weighted by Crippen LogP contribution is 2.38. The van der Waals surface area contributed by atoms with Crippen LogP contribution in [0.3, 0.4) is 0 Å². The van der Waals surface area contributed by atoms with Gasteiger partial charge in [-0.3, -0.25) is 14.2 Å². The number of rotatable bonds is 2. The van der Waals surface area contributed by atoms with Crippen molar-refractivity contribution in [1.29, 1.82) is 0 Å². The Bertz CT molecular complexity index is 811. The molecule has 0 bridgehead atoms. The summed E-state index contributed by atoms with van der Waals surface area (Å²) in [4.78, 5) is 28.5. The van der Waals surface area contributed by atoms with E-state index in [2.05, 4.69) is 10.1 Å². The lowest BCUT2D eigenvalue weighted by molar-refractivity contribution is -0.116. The third-order valence-electron chi connectivity index (χ3n) is 3.42. The molecule has 1 aromatic carbocycles. The van der Waals surface area contributed by atoms with Crippen molar-refractivity contribution in [2.24, 2.45) is 5.10 Å². The Morgan fingerprint density at radius 1 is 1.13 bits per heavy atom. The van der Waals surface area contributed by atoms with Gasteiger partial charge in [0.1, 0.15) is 15.9 Å². The number of hydrazone groups is 1. The molecule has 0 atom stereocenters. The zero-order valence-corrected chi connectivity index (χ0v) is 13.9. The standard InChI is InChI=1S/C16H16N4O2S/c1-4-13-17-14-16(19(13)10(2)21)23-15(18-20(14)11(3)22)12-8-6-5-7-9-12/h5-9H,4H2,1-3H3. The first-order chi connectivity index (χ1) is 11.0. The van der Waals surface area contributed by atoms with Gasteiger partial charge in [-0.05, 0) is 11.8 Å². The van der Waals surface area contributed by atoms with Gasteiger partial charge in [0.15, 0.2) is 5.82 Å². The zero-order chi connectivity index (χ0) is 16.6. The van der Waals surface area contributed by atoms with Crippen LogP contribution in [0.1, 0.15) is 37.0 Å². The lowest BCUT2D eigenvalue weighted by Crippen LogP contribution is -2.28. The molecule has 6 nitrogen and oxygen atoms in total. The van der Waals surface area contributed by atoms with Crippen LogP contribution in [0.25, 0.3) is 0 Å². The molecule has 0 saturated heterocycles. The highest BCUT2D eigenvalue weighted by atomic mass is 32.2. The fourth-order valence-corrected chi connectivity index (χ4v) is 3.50. The number of imidazole rings is 1. The van der Waals surface area contributed by atoms with E-state index < -0.39 is 0 Å². The molecule has 23 heavy (non-hydrogen) atoms. The van der Waals surface area contributed by atoms with Crippen LogP contribution in [0.4, 0.5) is 5.82 Å². The predicted molar refractivity (Wildman–Crippen MR) is 89.9 cm³/mol. The first-order valence-electron chi connectivity index (χ1n) is 7.28. The fraction of sp³-hybridized carbons (Fsp3) is 0.250. The largest absolute Gasteiger partial charge is 0.274 e. The number of fused-ring (bicyclic) bond motifs is 1. The number of hydrogen-bond acceptors (Lipinski definition) is 5. The van der Waals surface area contributed by atoms with Crippen LogP contribution in [-0.2, 0) is 11.2 Å². The molecule has 0 radical (unpaired) electrons. The maximum Gasteiger partial charge on any atom is 0.245 e. The summed E-state index contributed by atoms with van der Waals surface area (Å²) in [6.07, 6.45) is 0.597. The van der Waals surface area contributed by atoms with E-state index in [1.165, 1.54) is 30.6 Å². The number of carbonyl (C=O) groups excluding carboxylic acids is 2. The van der Waals surface area contributed by atoms with Crippen molar-refractivity contribution in [3.05, 3.63) is 41.7 Å². The first-order valence-corrected chi connectivity index (χ1v) is 8.09. The van der Waals surface area contributed by atoms with Crippen molar-refractivity contribution in [3.8, 4) is 0 Å². The molecule has 2 aromatic rings. The summed E-state index contributed by atoms with van der Waals surface area (Å²) >= 11 is 1.36. The van der Waals surface area contributed by atoms with Crippen LogP contribution < -0.4 is 5.01 Å². The third kappa shape index (κ3) is 2.68. The van der Waals surface area contributed by atoms with Crippen LogP contribution >= 0.6 is 11.8 Å². The summed E-state index contributed by atoms with van der Waals surface area (Å²) in [7, 11) is 0. The highest BCUT2D eigenvalue weighted by Gasteiger charge is 2.31. The van der Waals surface area contributed by atoms with Crippen LogP contribution in [-0.4, -0.2) is 26.4 Å². The fourth-order valence-electron chi connectivity index (χ4n) is 2.40. The van der Waals surface area contributed by atoms with Crippen LogP contribution in [0, 0.1) is 0 Å². The molecule has 3 rings (SSSR count). The number of benzene rings is 1. The van der Waals surface area contributed by atoms with Crippen molar-refractivity contribution in [2.75, 3.05) is 5.01 Å². The highest BCUT2D eigenvalue weighted by molar-refractivity contribution is 8.14. The molecule has 118 valence electrons. The number of aryl methyl sites for hydroxylation is 1. The van der Waals surface area contributed by atoms with E-state index in [1.54, 1.807) is 4.57 Å². The molecule has 0 saturated carbocycles. The number of nitrogens with zero attached hydrogens (tertiary/aromatic N) is 4. The summed E-state index contributed by atoms with van der Waals surface area (Å²) in [5.41, 5.74) is 0.892. The minimum Gasteiger partial charge on any atom is -0.274 e. The maximum atomic E-state index is 12.0. The SMILES string of the molecule is CCc1nc2c(n1C(C)=O)SC(c1ccccc1)=NN2C(C)=O. The van der Waals surface area contributed by atoms with Gasteiger partial charge in [0.05, 0.1) is 0 Å². The molecule has 7 heteroatoms. The summed E-state index contributed by atoms with van der Waals surface area (Å²) in [5, 5.41) is 6.99. The Labute approximate surface area is 138 Å². The summed E-state index contributed by atoms with van der Waals surface area (Å²) < 4.78 is 1.56. The molecule has 0 unspecified atom stereocenters. The molecule has 2 heterocycles. The quantitative estimate of drug-likeness (QED) is 0.850. The normalized spacial score (nSPS) is 13.5. The zero-order valence-electron chi connectivity index (χ0n) is 13.1. The Morgan fingerprint density at radius 2 is 1.83 bits per heavy atom. The van der Waals surface area contributed by atoms with Crippen molar-refractivity contribution in [1.82, 2.24) is 9.55 Å². The van der Waals surface area contributed by atoms with Crippen molar-refractivity contribution >= 4 is 34.4 Å². The molecule has 0 N–H and O–H groups in total. The molecule has 1 aromatic heterocycles. The number of thioether (sulfide) groups is 1. The molecule has 1 aliphatic rings. The van der Waals surface area contributed by atoms with E-state index in [-0.39, 0.29) is 11.8 Å². The van der Waals surface area contributed by atoms with Crippen molar-refractivity contribution < 1.29 is 9.59 Å². The van der Waals surface area contributed by atoms with Gasteiger partial charge < -0.3 is 0 Å². The monoisotopic (exact) mass is 328 g/mol. The summed E-state index contributed by atoms with van der Waals surface area (Å²) in [6, 6.07) is 9.58. The van der Waals surface area contributed by atoms with Gasteiger partial charge >= 0.3 is 0 Å². The lowest BCUT2D eigenvalue weighted by atomic mass is 10.2. The van der Waals surface area contributed by atoms with Gasteiger partial charge in [-0.1, -0.05) is 37.3 Å². The molecule has 0 aliphatic carbocycles. The molecular formula is C16H16N4O2S. The molecular weight excluding hydrogens is 312 g/mol. The number of anilines is 1. The number of aromatic nitrogens is 2. The molecule has 1 amide bonds. The molecule has 0 fully saturated rings. The summed E-state index contributed by atoms with van der Waals surface area (Å²) in [5.74, 6) is 0.691. The smallest absolute Gasteiger partial charge is 0.245 e. The van der Waals surface area contributed by atoms with E-state index in [1.807, 2.05) is 37.3 Å². The Hall–Kier alpha value is -2.41. The predicted octanol–water partition coefficient (Wildman–Crippen LogP) is 2.93. The minimum absolute atomic E-state index is 0.124. The topological polar surface area (TPSA) is 67.6 Å². The Balaban J connectivity index is 2.17. The van der Waals surface area contributed by atoms with E-state index in [4.69, 9.17) is 0 Å². The van der Waals surface area contributed by atoms with Crippen LogP contribution in [0.5, 0.6) is 0 Å². The average molecular weight is 328 g/mol. The van der Waals surface area contributed by atoms with Gasteiger partial charge in [0.25, 0.3) is 0 Å². The van der Waals surface area contributed by atoms with Crippen LogP contribution in [0.2, 0.25) is 0 Å². The van der Waals surface area contributed by atoms with Crippen molar-refractivity contribution in [2.45, 2.75) is 32.2 Å². The number of carbonyl (C=O) groups is 2. The average Bonchev–Trinajstić information content (AvgIpc) is 2.93. The first kappa shape index (κ1) is 15.5. The van der Waals surface area contributed by atoms with E-state index in [0.717, 1.165) is 5.56 Å². The second kappa shape index (κ2) is 6.00.